The monoisotopic (exact) mass is 334 g/mol. The lowest BCUT2D eigenvalue weighted by Gasteiger charge is -2.07. The number of halogens is 1. The fourth-order valence-electron chi connectivity index (χ4n) is 2.72. The lowest BCUT2D eigenvalue weighted by molar-refractivity contribution is 0.0941. The van der Waals surface area contributed by atoms with Crippen molar-refractivity contribution in [1.82, 2.24) is 20.4 Å². The van der Waals surface area contributed by atoms with Gasteiger partial charge in [-0.2, -0.15) is 5.10 Å². The maximum Gasteiger partial charge on any atom is 0.269 e. The van der Waals surface area contributed by atoms with E-state index >= 15 is 0 Å². The molecule has 2 N–H and O–H groups in total. The van der Waals surface area contributed by atoms with E-state index in [0.717, 1.165) is 24.3 Å². The lowest BCUT2D eigenvalue weighted by atomic mass is 10.1. The van der Waals surface area contributed by atoms with Gasteiger partial charge in [-0.3, -0.25) is 9.48 Å². The van der Waals surface area contributed by atoms with E-state index in [2.05, 4.69) is 47.8 Å². The maximum atomic E-state index is 12.3. The van der Waals surface area contributed by atoms with Gasteiger partial charge in [0, 0.05) is 26.7 Å². The molecule has 124 valence electrons. The number of aromatic nitrogens is 2. The van der Waals surface area contributed by atoms with Crippen molar-refractivity contribution in [2.75, 3.05) is 0 Å². The van der Waals surface area contributed by atoms with Crippen LogP contribution in [0.3, 0.4) is 0 Å². The predicted molar refractivity (Wildman–Crippen MR) is 92.7 cm³/mol. The van der Waals surface area contributed by atoms with Crippen LogP contribution >= 0.6 is 12.4 Å². The number of rotatable bonds is 4. The molecule has 6 heteroatoms. The highest BCUT2D eigenvalue weighted by molar-refractivity contribution is 5.92. The molecule has 0 unspecified atom stereocenters. The van der Waals surface area contributed by atoms with Gasteiger partial charge in [0.15, 0.2) is 0 Å². The average Bonchev–Trinajstić information content (AvgIpc) is 3.10. The van der Waals surface area contributed by atoms with Gasteiger partial charge in [0.2, 0.25) is 0 Å². The number of hydrogen-bond donors (Lipinski definition) is 2. The van der Waals surface area contributed by atoms with Gasteiger partial charge in [-0.25, -0.2) is 0 Å². The molecule has 5 nitrogen and oxygen atoms in total. The number of carbonyl (C=O) groups is 1. The van der Waals surface area contributed by atoms with E-state index < -0.39 is 0 Å². The molecule has 1 amide bonds. The molecule has 0 spiro atoms. The summed E-state index contributed by atoms with van der Waals surface area (Å²) in [6.07, 6.45) is 0. The van der Waals surface area contributed by atoms with Crippen molar-refractivity contribution in [2.45, 2.75) is 39.4 Å². The second-order valence-electron chi connectivity index (χ2n) is 6.12. The number of aryl methyl sites for hydroxylation is 1. The summed E-state index contributed by atoms with van der Waals surface area (Å²) in [6, 6.07) is 8.25. The normalized spacial score (nSPS) is 12.9. The first kappa shape index (κ1) is 17.5. The standard InChI is InChI=1S/C17H22N4O.ClH/c1-11(2)15-7-16(21(3)20-15)17(22)19-8-12-4-5-13-9-18-10-14(13)6-12;/h4-7,11,18H,8-10H2,1-3H3,(H,19,22);1H. The van der Waals surface area contributed by atoms with Gasteiger partial charge in [-0.15, -0.1) is 12.4 Å². The number of nitrogens with zero attached hydrogens (tertiary/aromatic N) is 2. The molecule has 1 aliphatic rings. The summed E-state index contributed by atoms with van der Waals surface area (Å²) in [5.74, 6) is 0.234. The van der Waals surface area contributed by atoms with E-state index in [-0.39, 0.29) is 18.3 Å². The minimum absolute atomic E-state index is 0. The summed E-state index contributed by atoms with van der Waals surface area (Å²) < 4.78 is 1.65. The fraction of sp³-hybridized carbons (Fsp3) is 0.412. The maximum absolute atomic E-state index is 12.3. The Morgan fingerprint density at radius 2 is 2.04 bits per heavy atom. The molecule has 0 saturated heterocycles. The smallest absolute Gasteiger partial charge is 0.269 e. The Kier molecular flexibility index (Phi) is 5.44. The van der Waals surface area contributed by atoms with E-state index in [4.69, 9.17) is 0 Å². The Bertz CT molecular complexity index is 709. The summed E-state index contributed by atoms with van der Waals surface area (Å²) >= 11 is 0. The van der Waals surface area contributed by atoms with Crippen LogP contribution in [-0.4, -0.2) is 15.7 Å². The third-order valence-corrected chi connectivity index (χ3v) is 4.08. The lowest BCUT2D eigenvalue weighted by Crippen LogP contribution is -2.25. The predicted octanol–water partition coefficient (Wildman–Crippen LogP) is 2.50. The van der Waals surface area contributed by atoms with Crippen LogP contribution in [0.25, 0.3) is 0 Å². The molecule has 3 rings (SSSR count). The third kappa shape index (κ3) is 3.74. The zero-order valence-corrected chi connectivity index (χ0v) is 14.5. The molecular formula is C17H23ClN4O. The molecule has 1 aromatic carbocycles. The molecule has 0 radical (unpaired) electrons. The minimum atomic E-state index is -0.0828. The second-order valence-corrected chi connectivity index (χ2v) is 6.12. The number of nitrogens with one attached hydrogen (secondary N) is 2. The molecule has 0 bridgehead atoms. The van der Waals surface area contributed by atoms with Crippen molar-refractivity contribution in [3.05, 3.63) is 52.3 Å². The summed E-state index contributed by atoms with van der Waals surface area (Å²) in [7, 11) is 1.81. The highest BCUT2D eigenvalue weighted by Gasteiger charge is 2.15. The van der Waals surface area contributed by atoms with Crippen molar-refractivity contribution >= 4 is 18.3 Å². The second kappa shape index (κ2) is 7.15. The van der Waals surface area contributed by atoms with E-state index in [0.29, 0.717) is 18.2 Å². The molecule has 2 heterocycles. The molecule has 1 aromatic heterocycles. The van der Waals surface area contributed by atoms with Crippen molar-refractivity contribution in [3.8, 4) is 0 Å². The Morgan fingerprint density at radius 1 is 1.30 bits per heavy atom. The first-order chi connectivity index (χ1) is 10.5. The van der Waals surface area contributed by atoms with E-state index in [1.807, 2.05) is 13.1 Å². The zero-order valence-electron chi connectivity index (χ0n) is 13.7. The molecule has 0 aliphatic carbocycles. The molecule has 2 aromatic rings. The van der Waals surface area contributed by atoms with Crippen LogP contribution in [0.4, 0.5) is 0 Å². The Morgan fingerprint density at radius 3 is 2.74 bits per heavy atom. The van der Waals surface area contributed by atoms with Crippen LogP contribution in [-0.2, 0) is 26.7 Å². The molecule has 0 fully saturated rings. The third-order valence-electron chi connectivity index (χ3n) is 4.08. The summed E-state index contributed by atoms with van der Waals surface area (Å²) in [4.78, 5) is 12.3. The SMILES string of the molecule is CC(C)c1cc(C(=O)NCc2ccc3c(c2)CNC3)n(C)n1.Cl. The molecule has 0 atom stereocenters. The summed E-state index contributed by atoms with van der Waals surface area (Å²) in [5, 5.41) is 10.7. The van der Waals surface area contributed by atoms with Gasteiger partial charge < -0.3 is 10.6 Å². The fourth-order valence-corrected chi connectivity index (χ4v) is 2.72. The van der Waals surface area contributed by atoms with Crippen molar-refractivity contribution < 1.29 is 4.79 Å². The molecule has 1 aliphatic heterocycles. The van der Waals surface area contributed by atoms with Gasteiger partial charge in [0.25, 0.3) is 5.91 Å². The Labute approximate surface area is 142 Å². The number of amides is 1. The van der Waals surface area contributed by atoms with Crippen molar-refractivity contribution in [2.24, 2.45) is 7.05 Å². The minimum Gasteiger partial charge on any atom is -0.347 e. The summed E-state index contributed by atoms with van der Waals surface area (Å²) in [6.45, 7) is 6.53. The highest BCUT2D eigenvalue weighted by atomic mass is 35.5. The van der Waals surface area contributed by atoms with Crippen molar-refractivity contribution in [1.29, 1.82) is 0 Å². The highest BCUT2D eigenvalue weighted by Crippen LogP contribution is 2.17. The first-order valence-corrected chi connectivity index (χ1v) is 7.68. The first-order valence-electron chi connectivity index (χ1n) is 7.68. The molecule has 23 heavy (non-hydrogen) atoms. The van der Waals surface area contributed by atoms with Crippen LogP contribution in [0.15, 0.2) is 24.3 Å². The van der Waals surface area contributed by atoms with Crippen molar-refractivity contribution in [3.63, 3.8) is 0 Å². The van der Waals surface area contributed by atoms with E-state index in [9.17, 15) is 4.79 Å². The number of carbonyl (C=O) groups excluding carboxylic acids is 1. The topological polar surface area (TPSA) is 59.0 Å². The van der Waals surface area contributed by atoms with Gasteiger partial charge >= 0.3 is 0 Å². The van der Waals surface area contributed by atoms with E-state index in [1.165, 1.54) is 11.1 Å². The van der Waals surface area contributed by atoms with Crippen LogP contribution < -0.4 is 10.6 Å². The van der Waals surface area contributed by atoms with Crippen LogP contribution in [0.2, 0.25) is 0 Å². The van der Waals surface area contributed by atoms with Gasteiger partial charge in [0.05, 0.1) is 5.69 Å². The number of hydrogen-bond acceptors (Lipinski definition) is 3. The Hall–Kier alpha value is -1.85. The van der Waals surface area contributed by atoms with E-state index in [1.54, 1.807) is 4.68 Å². The van der Waals surface area contributed by atoms with Crippen LogP contribution in [0.5, 0.6) is 0 Å². The quantitative estimate of drug-likeness (QED) is 0.903. The molecular weight excluding hydrogens is 312 g/mol. The number of fused-ring (bicyclic) bond motifs is 1. The number of benzene rings is 1. The van der Waals surface area contributed by atoms with Gasteiger partial charge in [0.1, 0.15) is 5.69 Å². The zero-order chi connectivity index (χ0) is 15.7. The van der Waals surface area contributed by atoms with Crippen LogP contribution in [0.1, 0.15) is 52.6 Å². The average molecular weight is 335 g/mol. The molecule has 0 saturated carbocycles. The Balaban J connectivity index is 0.00000192. The van der Waals surface area contributed by atoms with Crippen LogP contribution in [0, 0.1) is 0 Å². The summed E-state index contributed by atoms with van der Waals surface area (Å²) in [5.41, 5.74) is 5.35. The van der Waals surface area contributed by atoms with Gasteiger partial charge in [-0.05, 0) is 28.7 Å². The largest absolute Gasteiger partial charge is 0.347 e. The van der Waals surface area contributed by atoms with Gasteiger partial charge in [-0.1, -0.05) is 32.0 Å².